The van der Waals surface area contributed by atoms with Crippen molar-refractivity contribution in [2.45, 2.75) is 4.87 Å². The molecule has 2 aromatic rings. The molecule has 1 aliphatic heterocycles. The van der Waals surface area contributed by atoms with Crippen molar-refractivity contribution < 1.29 is 4.79 Å². The van der Waals surface area contributed by atoms with Crippen molar-refractivity contribution in [1.82, 2.24) is 0 Å². The van der Waals surface area contributed by atoms with Crippen LogP contribution in [0.25, 0.3) is 0 Å². The van der Waals surface area contributed by atoms with Gasteiger partial charge >= 0.3 is 0 Å². The molecule has 0 aliphatic carbocycles. The van der Waals surface area contributed by atoms with Crippen molar-refractivity contribution in [3.8, 4) is 0 Å². The van der Waals surface area contributed by atoms with Gasteiger partial charge in [-0.15, -0.1) is 0 Å². The summed E-state index contributed by atoms with van der Waals surface area (Å²) in [5.41, 5.74) is 2.40. The lowest BCUT2D eigenvalue weighted by Gasteiger charge is -2.19. The maximum atomic E-state index is 12.1. The largest absolute Gasteiger partial charge is 0.324 e. The lowest BCUT2D eigenvalue weighted by Crippen LogP contribution is -2.29. The molecule has 1 atom stereocenters. The van der Waals surface area contributed by atoms with E-state index in [9.17, 15) is 4.79 Å². The van der Waals surface area contributed by atoms with Gasteiger partial charge in [-0.1, -0.05) is 60.1 Å². The van der Waals surface area contributed by atoms with Crippen LogP contribution >= 0.6 is 11.6 Å². The fraction of sp³-hybridized carbons (Fsp3) is 0.0714. The van der Waals surface area contributed by atoms with Crippen LogP contribution in [0.5, 0.6) is 0 Å². The average Bonchev–Trinajstić information content (AvgIpc) is 2.64. The number of fused-ring (bicyclic) bond motifs is 1. The number of carbonyl (C=O) groups is 1. The van der Waals surface area contributed by atoms with Crippen molar-refractivity contribution in [2.75, 3.05) is 5.32 Å². The Morgan fingerprint density at radius 2 is 1.59 bits per heavy atom. The summed E-state index contributed by atoms with van der Waals surface area (Å²) in [6.07, 6.45) is 0. The third-order valence-electron chi connectivity index (χ3n) is 3.03. The number of hydrogen-bond donors (Lipinski definition) is 1. The van der Waals surface area contributed by atoms with Gasteiger partial charge in [-0.05, 0) is 11.6 Å². The topological polar surface area (TPSA) is 29.1 Å². The zero-order valence-electron chi connectivity index (χ0n) is 8.98. The van der Waals surface area contributed by atoms with E-state index in [0.717, 1.165) is 16.8 Å². The van der Waals surface area contributed by atoms with Crippen LogP contribution in [0.4, 0.5) is 5.69 Å². The summed E-state index contributed by atoms with van der Waals surface area (Å²) >= 11 is 6.57. The molecule has 1 amide bonds. The zero-order chi connectivity index (χ0) is 11.9. The highest BCUT2D eigenvalue weighted by Gasteiger charge is 2.46. The summed E-state index contributed by atoms with van der Waals surface area (Å²) in [6.45, 7) is 0. The molecule has 17 heavy (non-hydrogen) atoms. The number of nitrogens with one attached hydrogen (secondary N) is 1. The average molecular weight is 244 g/mol. The number of anilines is 1. The van der Waals surface area contributed by atoms with Crippen LogP contribution in [0.3, 0.4) is 0 Å². The summed E-state index contributed by atoms with van der Waals surface area (Å²) in [4.78, 5) is 11.0. The van der Waals surface area contributed by atoms with E-state index in [4.69, 9.17) is 11.6 Å². The molecule has 1 N–H and O–H groups in total. The summed E-state index contributed by atoms with van der Waals surface area (Å²) in [7, 11) is 0. The van der Waals surface area contributed by atoms with Gasteiger partial charge in [-0.3, -0.25) is 4.79 Å². The molecule has 0 unspecified atom stereocenters. The van der Waals surface area contributed by atoms with Crippen molar-refractivity contribution in [3.63, 3.8) is 0 Å². The molecule has 2 nitrogen and oxygen atoms in total. The summed E-state index contributed by atoms with van der Waals surface area (Å²) < 4.78 is 0. The second-order valence-electron chi connectivity index (χ2n) is 4.02. The first-order valence-electron chi connectivity index (χ1n) is 5.38. The minimum atomic E-state index is -1.10. The number of carbonyl (C=O) groups excluding carboxylic acids is 1. The van der Waals surface area contributed by atoms with E-state index >= 15 is 0 Å². The van der Waals surface area contributed by atoms with Crippen LogP contribution in [0.1, 0.15) is 11.1 Å². The highest BCUT2D eigenvalue weighted by molar-refractivity contribution is 6.41. The van der Waals surface area contributed by atoms with Crippen LogP contribution in [0.15, 0.2) is 54.6 Å². The number of alkyl halides is 1. The Hall–Kier alpha value is -1.80. The summed E-state index contributed by atoms with van der Waals surface area (Å²) in [5.74, 6) is -0.188. The van der Waals surface area contributed by atoms with E-state index in [1.54, 1.807) is 0 Å². The second-order valence-corrected chi connectivity index (χ2v) is 4.59. The second kappa shape index (κ2) is 3.60. The zero-order valence-corrected chi connectivity index (χ0v) is 9.74. The molecule has 0 bridgehead atoms. The quantitative estimate of drug-likeness (QED) is 0.766. The SMILES string of the molecule is O=C1Nc2ccccc2[C@]1(Cl)c1ccccc1. The van der Waals surface area contributed by atoms with E-state index in [1.165, 1.54) is 0 Å². The van der Waals surface area contributed by atoms with E-state index in [2.05, 4.69) is 5.32 Å². The molecule has 0 fully saturated rings. The van der Waals surface area contributed by atoms with Crippen molar-refractivity contribution in [3.05, 3.63) is 65.7 Å². The summed E-state index contributed by atoms with van der Waals surface area (Å²) in [5, 5.41) is 2.82. The van der Waals surface area contributed by atoms with Crippen molar-refractivity contribution >= 4 is 23.2 Å². The molecule has 0 radical (unpaired) electrons. The van der Waals surface area contributed by atoms with Crippen LogP contribution in [-0.4, -0.2) is 5.91 Å². The Morgan fingerprint density at radius 1 is 0.941 bits per heavy atom. The van der Waals surface area contributed by atoms with Gasteiger partial charge in [-0.25, -0.2) is 0 Å². The van der Waals surface area contributed by atoms with Gasteiger partial charge in [0, 0.05) is 11.3 Å². The molecule has 0 saturated heterocycles. The Bertz CT molecular complexity index is 582. The third-order valence-corrected chi connectivity index (χ3v) is 3.62. The Kier molecular flexibility index (Phi) is 2.20. The molecule has 2 aromatic carbocycles. The van der Waals surface area contributed by atoms with E-state index in [-0.39, 0.29) is 5.91 Å². The monoisotopic (exact) mass is 243 g/mol. The Balaban J connectivity index is 2.24. The van der Waals surface area contributed by atoms with Gasteiger partial charge in [-0.2, -0.15) is 0 Å². The maximum absolute atomic E-state index is 12.1. The number of benzene rings is 2. The van der Waals surface area contributed by atoms with Crippen molar-refractivity contribution in [2.24, 2.45) is 0 Å². The highest BCUT2D eigenvalue weighted by Crippen LogP contribution is 2.45. The fourth-order valence-corrected chi connectivity index (χ4v) is 2.52. The highest BCUT2D eigenvalue weighted by atomic mass is 35.5. The summed E-state index contributed by atoms with van der Waals surface area (Å²) in [6, 6.07) is 16.9. The lowest BCUT2D eigenvalue weighted by molar-refractivity contribution is -0.117. The van der Waals surface area contributed by atoms with Crippen LogP contribution in [0, 0.1) is 0 Å². The normalized spacial score (nSPS) is 22.1. The standard InChI is InChI=1S/C14H10ClNO/c15-14(10-6-2-1-3-7-10)11-8-4-5-9-12(11)16-13(14)17/h1-9H,(H,16,17)/t14-/m1/s1. The number of rotatable bonds is 1. The van der Waals surface area contributed by atoms with Crippen molar-refractivity contribution in [1.29, 1.82) is 0 Å². The maximum Gasteiger partial charge on any atom is 0.254 e. The minimum Gasteiger partial charge on any atom is -0.324 e. The molecule has 0 saturated carbocycles. The molecular weight excluding hydrogens is 234 g/mol. The number of para-hydroxylation sites is 1. The van der Waals surface area contributed by atoms with Gasteiger partial charge in [0.1, 0.15) is 0 Å². The van der Waals surface area contributed by atoms with Crippen LogP contribution < -0.4 is 5.32 Å². The molecule has 84 valence electrons. The predicted molar refractivity (Wildman–Crippen MR) is 68.1 cm³/mol. The Morgan fingerprint density at radius 3 is 2.35 bits per heavy atom. The smallest absolute Gasteiger partial charge is 0.254 e. The number of hydrogen-bond acceptors (Lipinski definition) is 1. The van der Waals surface area contributed by atoms with Gasteiger partial charge in [0.05, 0.1) is 0 Å². The predicted octanol–water partition coefficient (Wildman–Crippen LogP) is 3.12. The third kappa shape index (κ3) is 1.38. The first-order chi connectivity index (χ1) is 8.23. The molecule has 3 rings (SSSR count). The molecule has 3 heteroatoms. The molecule has 1 heterocycles. The first-order valence-corrected chi connectivity index (χ1v) is 5.76. The number of amides is 1. The van der Waals surface area contributed by atoms with Gasteiger partial charge in [0.2, 0.25) is 0 Å². The molecule has 0 spiro atoms. The van der Waals surface area contributed by atoms with Gasteiger partial charge in [0.15, 0.2) is 4.87 Å². The van der Waals surface area contributed by atoms with E-state index < -0.39 is 4.87 Å². The minimum absolute atomic E-state index is 0.188. The molecular formula is C14H10ClNO. The van der Waals surface area contributed by atoms with Gasteiger partial charge < -0.3 is 5.32 Å². The van der Waals surface area contributed by atoms with E-state index in [1.807, 2.05) is 54.6 Å². The Labute approximate surface area is 104 Å². The van der Waals surface area contributed by atoms with Crippen LogP contribution in [0.2, 0.25) is 0 Å². The van der Waals surface area contributed by atoms with Crippen LogP contribution in [-0.2, 0) is 9.67 Å². The lowest BCUT2D eigenvalue weighted by atomic mass is 9.92. The van der Waals surface area contributed by atoms with E-state index in [0.29, 0.717) is 0 Å². The fourth-order valence-electron chi connectivity index (χ4n) is 2.18. The van der Waals surface area contributed by atoms with Gasteiger partial charge in [0.25, 0.3) is 5.91 Å². The molecule has 1 aliphatic rings. The molecule has 0 aromatic heterocycles. The number of halogens is 1. The first kappa shape index (κ1) is 10.4.